The quantitative estimate of drug-likeness (QED) is 0.844. The minimum Gasteiger partial charge on any atom is -0.493 e. The van der Waals surface area contributed by atoms with Crippen LogP contribution in [0.25, 0.3) is 0 Å². The lowest BCUT2D eigenvalue weighted by molar-refractivity contribution is 0.314. The first-order valence-corrected chi connectivity index (χ1v) is 6.80. The van der Waals surface area contributed by atoms with Gasteiger partial charge in [-0.15, -0.1) is 0 Å². The third-order valence-corrected chi connectivity index (χ3v) is 4.07. The van der Waals surface area contributed by atoms with Gasteiger partial charge in [0.25, 0.3) is 0 Å². The van der Waals surface area contributed by atoms with Crippen molar-refractivity contribution in [1.82, 2.24) is 5.32 Å². The van der Waals surface area contributed by atoms with E-state index in [0.29, 0.717) is 6.04 Å². The molecule has 2 aliphatic heterocycles. The van der Waals surface area contributed by atoms with E-state index in [1.165, 1.54) is 36.1 Å². The Morgan fingerprint density at radius 1 is 1.35 bits per heavy atom. The molecule has 3 rings (SSSR count). The monoisotopic (exact) mass is 231 g/mol. The number of hydrogen-bond donors (Lipinski definition) is 1. The molecule has 2 heteroatoms. The number of piperidine rings is 1. The van der Waals surface area contributed by atoms with E-state index < -0.39 is 0 Å². The maximum absolute atomic E-state index is 5.77. The topological polar surface area (TPSA) is 21.3 Å². The average molecular weight is 231 g/mol. The zero-order valence-corrected chi connectivity index (χ0v) is 10.5. The SMILES string of the molecule is CC1CCC(Cc2cccc3c2OCC3)CN1. The van der Waals surface area contributed by atoms with E-state index in [2.05, 4.69) is 30.4 Å². The average Bonchev–Trinajstić information content (AvgIpc) is 2.81. The number of nitrogens with one attached hydrogen (secondary N) is 1. The van der Waals surface area contributed by atoms with Crippen molar-refractivity contribution in [2.24, 2.45) is 5.92 Å². The molecule has 17 heavy (non-hydrogen) atoms. The fourth-order valence-corrected chi connectivity index (χ4v) is 2.99. The van der Waals surface area contributed by atoms with Crippen LogP contribution in [0.4, 0.5) is 0 Å². The van der Waals surface area contributed by atoms with Crippen LogP contribution < -0.4 is 10.1 Å². The van der Waals surface area contributed by atoms with Gasteiger partial charge in [0.05, 0.1) is 6.61 Å². The van der Waals surface area contributed by atoms with Crippen molar-refractivity contribution in [3.05, 3.63) is 29.3 Å². The molecule has 2 unspecified atom stereocenters. The molecule has 1 fully saturated rings. The molecule has 1 N–H and O–H groups in total. The Morgan fingerprint density at radius 3 is 3.12 bits per heavy atom. The van der Waals surface area contributed by atoms with E-state index in [-0.39, 0.29) is 0 Å². The lowest BCUT2D eigenvalue weighted by atomic mass is 9.89. The van der Waals surface area contributed by atoms with Crippen LogP contribution in [0.2, 0.25) is 0 Å². The van der Waals surface area contributed by atoms with E-state index >= 15 is 0 Å². The molecule has 0 saturated carbocycles. The number of fused-ring (bicyclic) bond motifs is 1. The molecule has 2 heterocycles. The Balaban J connectivity index is 1.71. The standard InChI is InChI=1S/C15H21NO/c1-11-5-6-12(10-16-11)9-14-4-2-3-13-7-8-17-15(13)14/h2-4,11-12,16H,5-10H2,1H3. The summed E-state index contributed by atoms with van der Waals surface area (Å²) in [6, 6.07) is 7.32. The lowest BCUT2D eigenvalue weighted by Crippen LogP contribution is -2.37. The molecule has 92 valence electrons. The molecule has 2 aliphatic rings. The summed E-state index contributed by atoms with van der Waals surface area (Å²) in [6.45, 7) is 4.30. The second-order valence-corrected chi connectivity index (χ2v) is 5.46. The normalized spacial score (nSPS) is 27.6. The minimum absolute atomic E-state index is 0.698. The predicted octanol–water partition coefficient (Wildman–Crippen LogP) is 2.55. The van der Waals surface area contributed by atoms with Crippen molar-refractivity contribution in [1.29, 1.82) is 0 Å². The summed E-state index contributed by atoms with van der Waals surface area (Å²) >= 11 is 0. The highest BCUT2D eigenvalue weighted by atomic mass is 16.5. The Bertz CT molecular complexity index is 394. The number of benzene rings is 1. The van der Waals surface area contributed by atoms with Gasteiger partial charge in [-0.25, -0.2) is 0 Å². The fraction of sp³-hybridized carbons (Fsp3) is 0.600. The molecule has 2 nitrogen and oxygen atoms in total. The highest BCUT2D eigenvalue weighted by Crippen LogP contribution is 2.32. The number of ether oxygens (including phenoxy) is 1. The van der Waals surface area contributed by atoms with E-state index in [9.17, 15) is 0 Å². The van der Waals surface area contributed by atoms with Gasteiger partial charge in [0.1, 0.15) is 5.75 Å². The van der Waals surface area contributed by atoms with Crippen LogP contribution in [0.1, 0.15) is 30.9 Å². The minimum atomic E-state index is 0.698. The first kappa shape index (κ1) is 11.1. The highest BCUT2D eigenvalue weighted by Gasteiger charge is 2.21. The van der Waals surface area contributed by atoms with Crippen LogP contribution in [-0.4, -0.2) is 19.2 Å². The van der Waals surface area contributed by atoms with E-state index in [4.69, 9.17) is 4.74 Å². The molecule has 0 radical (unpaired) electrons. The van der Waals surface area contributed by atoms with Gasteiger partial charge in [-0.1, -0.05) is 18.2 Å². The van der Waals surface area contributed by atoms with Crippen LogP contribution in [0.15, 0.2) is 18.2 Å². The van der Waals surface area contributed by atoms with Gasteiger partial charge in [-0.05, 0) is 49.8 Å². The van der Waals surface area contributed by atoms with Crippen LogP contribution in [0.3, 0.4) is 0 Å². The Morgan fingerprint density at radius 2 is 2.29 bits per heavy atom. The van der Waals surface area contributed by atoms with E-state index in [0.717, 1.165) is 25.5 Å². The van der Waals surface area contributed by atoms with E-state index in [1.54, 1.807) is 0 Å². The summed E-state index contributed by atoms with van der Waals surface area (Å²) in [6.07, 6.45) is 4.91. The zero-order valence-electron chi connectivity index (χ0n) is 10.5. The summed E-state index contributed by atoms with van der Waals surface area (Å²) in [5.74, 6) is 1.97. The highest BCUT2D eigenvalue weighted by molar-refractivity contribution is 5.44. The number of para-hydroxylation sites is 1. The Labute approximate surface area is 103 Å². The van der Waals surface area contributed by atoms with Gasteiger partial charge in [0, 0.05) is 12.5 Å². The first-order chi connectivity index (χ1) is 8.33. The Kier molecular flexibility index (Phi) is 3.06. The van der Waals surface area contributed by atoms with Crippen molar-refractivity contribution in [2.45, 2.75) is 38.6 Å². The third-order valence-electron chi connectivity index (χ3n) is 4.07. The van der Waals surface area contributed by atoms with Crippen molar-refractivity contribution < 1.29 is 4.74 Å². The van der Waals surface area contributed by atoms with E-state index in [1.807, 2.05) is 0 Å². The fourth-order valence-electron chi connectivity index (χ4n) is 2.99. The molecule has 0 aromatic heterocycles. The summed E-state index contributed by atoms with van der Waals surface area (Å²) < 4.78 is 5.77. The van der Waals surface area contributed by atoms with Crippen molar-refractivity contribution in [2.75, 3.05) is 13.2 Å². The maximum Gasteiger partial charge on any atom is 0.125 e. The van der Waals surface area contributed by atoms with Gasteiger partial charge in [0.2, 0.25) is 0 Å². The summed E-state index contributed by atoms with van der Waals surface area (Å²) in [4.78, 5) is 0. The van der Waals surface area contributed by atoms with Crippen molar-refractivity contribution >= 4 is 0 Å². The third kappa shape index (κ3) is 2.32. The van der Waals surface area contributed by atoms with Gasteiger partial charge in [0.15, 0.2) is 0 Å². The van der Waals surface area contributed by atoms with Gasteiger partial charge < -0.3 is 10.1 Å². The number of hydrogen-bond acceptors (Lipinski definition) is 2. The molecule has 1 aromatic rings. The molecule has 1 saturated heterocycles. The molecule has 2 atom stereocenters. The van der Waals surface area contributed by atoms with Gasteiger partial charge >= 0.3 is 0 Å². The first-order valence-electron chi connectivity index (χ1n) is 6.80. The van der Waals surface area contributed by atoms with Crippen molar-refractivity contribution in [3.8, 4) is 5.75 Å². The van der Waals surface area contributed by atoms with Crippen LogP contribution in [-0.2, 0) is 12.8 Å². The largest absolute Gasteiger partial charge is 0.493 e. The van der Waals surface area contributed by atoms with Crippen LogP contribution >= 0.6 is 0 Å². The smallest absolute Gasteiger partial charge is 0.125 e. The second-order valence-electron chi connectivity index (χ2n) is 5.46. The predicted molar refractivity (Wildman–Crippen MR) is 69.5 cm³/mol. The second kappa shape index (κ2) is 4.69. The molecular weight excluding hydrogens is 210 g/mol. The number of rotatable bonds is 2. The molecule has 0 spiro atoms. The van der Waals surface area contributed by atoms with Crippen LogP contribution in [0, 0.1) is 5.92 Å². The summed E-state index contributed by atoms with van der Waals surface area (Å²) in [5, 5.41) is 3.58. The molecule has 0 aliphatic carbocycles. The molecule has 1 aromatic carbocycles. The maximum atomic E-state index is 5.77. The summed E-state index contributed by atoms with van der Waals surface area (Å²) in [5.41, 5.74) is 2.82. The lowest BCUT2D eigenvalue weighted by Gasteiger charge is -2.28. The zero-order chi connectivity index (χ0) is 11.7. The Hall–Kier alpha value is -1.02. The molecule has 0 amide bonds. The van der Waals surface area contributed by atoms with Crippen molar-refractivity contribution in [3.63, 3.8) is 0 Å². The molecule has 0 bridgehead atoms. The van der Waals surface area contributed by atoms with Gasteiger partial charge in [-0.3, -0.25) is 0 Å². The molecular formula is C15H21NO. The summed E-state index contributed by atoms with van der Waals surface area (Å²) in [7, 11) is 0. The van der Waals surface area contributed by atoms with Gasteiger partial charge in [-0.2, -0.15) is 0 Å². The van der Waals surface area contributed by atoms with Crippen LogP contribution in [0.5, 0.6) is 5.75 Å².